The number of thiophene rings is 1. The Hall–Kier alpha value is -1.89. The van der Waals surface area contributed by atoms with Crippen LogP contribution in [0.15, 0.2) is 15.7 Å². The van der Waals surface area contributed by atoms with E-state index in [9.17, 15) is 14.4 Å². The fraction of sp³-hybridized carbons (Fsp3) is 0.462. The van der Waals surface area contributed by atoms with Crippen molar-refractivity contribution in [3.63, 3.8) is 0 Å². The summed E-state index contributed by atoms with van der Waals surface area (Å²) in [5.41, 5.74) is 4.23. The number of carbonyl (C=O) groups is 1. The van der Waals surface area contributed by atoms with Crippen LogP contribution >= 0.6 is 11.3 Å². The molecule has 0 aliphatic heterocycles. The van der Waals surface area contributed by atoms with E-state index in [-0.39, 0.29) is 0 Å². The van der Waals surface area contributed by atoms with Crippen molar-refractivity contribution in [2.75, 3.05) is 0 Å². The Balaban J connectivity index is 2.71. The smallest absolute Gasteiger partial charge is 0.330 e. The van der Waals surface area contributed by atoms with Crippen molar-refractivity contribution in [3.05, 3.63) is 31.8 Å². The first kappa shape index (κ1) is 14.5. The number of hydrogen-bond acceptors (Lipinski definition) is 4. The molecule has 0 aromatic carbocycles. The van der Waals surface area contributed by atoms with Gasteiger partial charge in [0, 0.05) is 4.88 Å². The number of aromatic amines is 1. The van der Waals surface area contributed by atoms with E-state index in [1.54, 1.807) is 13.0 Å². The summed E-state index contributed by atoms with van der Waals surface area (Å²) in [5, 5.41) is 0.442. The van der Waals surface area contributed by atoms with Gasteiger partial charge in [0.1, 0.15) is 10.9 Å². The van der Waals surface area contributed by atoms with E-state index in [1.807, 2.05) is 6.92 Å². The molecule has 2 heterocycles. The molecule has 0 saturated heterocycles. The third-order valence-corrected chi connectivity index (χ3v) is 4.31. The Morgan fingerprint density at radius 1 is 1.45 bits per heavy atom. The van der Waals surface area contributed by atoms with E-state index >= 15 is 0 Å². The fourth-order valence-corrected chi connectivity index (χ4v) is 3.38. The summed E-state index contributed by atoms with van der Waals surface area (Å²) in [4.78, 5) is 40.1. The van der Waals surface area contributed by atoms with E-state index in [4.69, 9.17) is 5.73 Å². The minimum atomic E-state index is -0.912. The highest BCUT2D eigenvalue weighted by atomic mass is 32.1. The molecule has 0 spiro atoms. The van der Waals surface area contributed by atoms with Gasteiger partial charge in [0.15, 0.2) is 0 Å². The van der Waals surface area contributed by atoms with Gasteiger partial charge >= 0.3 is 5.69 Å². The van der Waals surface area contributed by atoms with Gasteiger partial charge in [-0.3, -0.25) is 14.6 Å². The molecule has 0 aliphatic rings. The predicted molar refractivity (Wildman–Crippen MR) is 79.2 cm³/mol. The maximum atomic E-state index is 12.4. The molecule has 108 valence electrons. The monoisotopic (exact) mass is 295 g/mol. The quantitative estimate of drug-likeness (QED) is 0.865. The lowest BCUT2D eigenvalue weighted by Crippen LogP contribution is -2.42. The zero-order valence-corrected chi connectivity index (χ0v) is 12.3. The second-order valence-electron chi connectivity index (χ2n) is 4.64. The highest BCUT2D eigenvalue weighted by molar-refractivity contribution is 7.18. The normalized spacial score (nSPS) is 12.7. The number of fused-ring (bicyclic) bond motifs is 1. The number of amides is 1. The van der Waals surface area contributed by atoms with E-state index < -0.39 is 23.2 Å². The van der Waals surface area contributed by atoms with E-state index in [1.165, 1.54) is 11.3 Å². The minimum absolute atomic E-state index is 0.301. The molecule has 2 rings (SSSR count). The van der Waals surface area contributed by atoms with Gasteiger partial charge in [0.05, 0.1) is 5.39 Å². The molecule has 20 heavy (non-hydrogen) atoms. The van der Waals surface area contributed by atoms with Crippen LogP contribution in [0.5, 0.6) is 0 Å². The molecule has 0 radical (unpaired) electrons. The van der Waals surface area contributed by atoms with Crippen molar-refractivity contribution < 1.29 is 4.79 Å². The van der Waals surface area contributed by atoms with Crippen LogP contribution in [-0.4, -0.2) is 15.5 Å². The van der Waals surface area contributed by atoms with Gasteiger partial charge in [-0.1, -0.05) is 20.3 Å². The van der Waals surface area contributed by atoms with Crippen molar-refractivity contribution in [1.29, 1.82) is 0 Å². The molecule has 2 aromatic rings. The van der Waals surface area contributed by atoms with Gasteiger partial charge in [0.25, 0.3) is 5.56 Å². The number of nitrogens with one attached hydrogen (secondary N) is 1. The van der Waals surface area contributed by atoms with Crippen LogP contribution in [0.1, 0.15) is 37.6 Å². The van der Waals surface area contributed by atoms with Crippen molar-refractivity contribution in [3.8, 4) is 0 Å². The third-order valence-electron chi connectivity index (χ3n) is 3.19. The number of nitrogens with zero attached hydrogens (tertiary/aromatic N) is 1. The van der Waals surface area contributed by atoms with E-state index in [2.05, 4.69) is 4.98 Å². The Bertz CT molecular complexity index is 756. The zero-order valence-electron chi connectivity index (χ0n) is 11.4. The van der Waals surface area contributed by atoms with Crippen LogP contribution in [0.3, 0.4) is 0 Å². The number of aromatic nitrogens is 2. The maximum Gasteiger partial charge on any atom is 0.330 e. The average Bonchev–Trinajstić information content (AvgIpc) is 2.77. The lowest BCUT2D eigenvalue weighted by atomic mass is 10.2. The van der Waals surface area contributed by atoms with Gasteiger partial charge in [-0.25, -0.2) is 9.36 Å². The van der Waals surface area contributed by atoms with E-state index in [0.29, 0.717) is 16.6 Å². The number of rotatable bonds is 5. The molecule has 0 fully saturated rings. The zero-order chi connectivity index (χ0) is 14.9. The summed E-state index contributed by atoms with van der Waals surface area (Å²) in [6.07, 6.45) is 2.12. The number of H-pyrrole nitrogens is 1. The first-order chi connectivity index (χ1) is 9.49. The van der Waals surface area contributed by atoms with Crippen LogP contribution in [-0.2, 0) is 11.2 Å². The van der Waals surface area contributed by atoms with Crippen molar-refractivity contribution in [1.82, 2.24) is 9.55 Å². The van der Waals surface area contributed by atoms with Gasteiger partial charge in [0.2, 0.25) is 5.91 Å². The van der Waals surface area contributed by atoms with Gasteiger partial charge in [-0.05, 0) is 18.9 Å². The Kier molecular flexibility index (Phi) is 4.08. The molecule has 6 nitrogen and oxygen atoms in total. The Morgan fingerprint density at radius 3 is 2.70 bits per heavy atom. The largest absolute Gasteiger partial charge is 0.368 e. The molecule has 1 atom stereocenters. The standard InChI is InChI=1S/C13H17N3O3S/c1-3-5-7-6-8-11(20-7)15-13(19)16(12(8)18)9(4-2)10(14)17/h6,9H,3-5H2,1-2H3,(H2,14,17)(H,15,19). The molecule has 1 unspecified atom stereocenters. The summed E-state index contributed by atoms with van der Waals surface area (Å²) in [6, 6.07) is 0.872. The molecule has 0 bridgehead atoms. The summed E-state index contributed by atoms with van der Waals surface area (Å²) < 4.78 is 0.924. The van der Waals surface area contributed by atoms with Crippen LogP contribution in [0.4, 0.5) is 0 Å². The molecule has 0 aliphatic carbocycles. The van der Waals surface area contributed by atoms with Crippen LogP contribution in [0.25, 0.3) is 10.2 Å². The number of hydrogen-bond donors (Lipinski definition) is 2. The Morgan fingerprint density at radius 2 is 2.15 bits per heavy atom. The summed E-state index contributed by atoms with van der Waals surface area (Å²) >= 11 is 1.40. The molecular formula is C13H17N3O3S. The fourth-order valence-electron chi connectivity index (χ4n) is 2.24. The van der Waals surface area contributed by atoms with Crippen LogP contribution < -0.4 is 17.0 Å². The first-order valence-electron chi connectivity index (χ1n) is 6.56. The lowest BCUT2D eigenvalue weighted by Gasteiger charge is -2.12. The molecule has 2 aromatic heterocycles. The summed E-state index contributed by atoms with van der Waals surface area (Å²) in [5.74, 6) is -0.677. The van der Waals surface area contributed by atoms with Gasteiger partial charge < -0.3 is 5.73 Å². The maximum absolute atomic E-state index is 12.4. The molecule has 1 amide bonds. The second kappa shape index (κ2) is 5.62. The van der Waals surface area contributed by atoms with Crippen molar-refractivity contribution in [2.45, 2.75) is 39.2 Å². The van der Waals surface area contributed by atoms with Crippen molar-refractivity contribution in [2.24, 2.45) is 5.73 Å². The predicted octanol–water partition coefficient (Wildman–Crippen LogP) is 1.14. The van der Waals surface area contributed by atoms with Crippen LogP contribution in [0, 0.1) is 0 Å². The molecule has 0 saturated carbocycles. The average molecular weight is 295 g/mol. The summed E-state index contributed by atoms with van der Waals surface area (Å²) in [7, 11) is 0. The van der Waals surface area contributed by atoms with Gasteiger partial charge in [-0.2, -0.15) is 0 Å². The molecular weight excluding hydrogens is 278 g/mol. The number of carbonyl (C=O) groups excluding carboxylic acids is 1. The number of aryl methyl sites for hydroxylation is 1. The highest BCUT2D eigenvalue weighted by Gasteiger charge is 2.21. The summed E-state index contributed by atoms with van der Waals surface area (Å²) in [6.45, 7) is 3.76. The number of nitrogens with two attached hydrogens (primary N) is 1. The highest BCUT2D eigenvalue weighted by Crippen LogP contribution is 2.21. The van der Waals surface area contributed by atoms with E-state index in [0.717, 1.165) is 22.3 Å². The Labute approximate surface area is 119 Å². The lowest BCUT2D eigenvalue weighted by molar-refractivity contribution is -0.121. The minimum Gasteiger partial charge on any atom is -0.368 e. The van der Waals surface area contributed by atoms with Crippen LogP contribution in [0.2, 0.25) is 0 Å². The number of primary amides is 1. The molecule has 3 N–H and O–H groups in total. The topological polar surface area (TPSA) is 97.9 Å². The van der Waals surface area contributed by atoms with Gasteiger partial charge in [-0.15, -0.1) is 11.3 Å². The van der Waals surface area contributed by atoms with Crippen molar-refractivity contribution >= 4 is 27.5 Å². The first-order valence-corrected chi connectivity index (χ1v) is 7.37. The second-order valence-corrected chi connectivity index (χ2v) is 5.77. The SMILES string of the molecule is CCCc1cc2c(=O)n(C(CC)C(N)=O)c(=O)[nH]c2s1. The third kappa shape index (κ3) is 2.40. The molecule has 7 heteroatoms.